The molecule has 44 valence electrons. The van der Waals surface area contributed by atoms with Crippen LogP contribution in [0.25, 0.3) is 0 Å². The largest absolute Gasteiger partial charge is 0.410 e. The van der Waals surface area contributed by atoms with Gasteiger partial charge in [0.15, 0.2) is 12.2 Å². The maximum atomic E-state index is 4.95. The first-order valence-corrected chi connectivity index (χ1v) is 3.00. The zero-order valence-electron chi connectivity index (χ0n) is 4.60. The molecule has 1 rings (SSSR count). The van der Waals surface area contributed by atoms with Crippen molar-refractivity contribution in [2.45, 2.75) is 6.92 Å². The van der Waals surface area contributed by atoms with Crippen molar-refractivity contribution in [1.82, 2.24) is 4.72 Å². The molecule has 0 unspecified atom stereocenters. The molecule has 0 aliphatic carbocycles. The minimum atomic E-state index is 0.888. The molecule has 0 saturated carbocycles. The Morgan fingerprint density at radius 3 is 3.00 bits per heavy atom. The third-order valence-electron chi connectivity index (χ3n) is 0.723. The standard InChI is InChI=1S/C5H7NOS/c1-4-3-5(2)7-8-6-4/h3,6H,1H2,2H3. The first-order chi connectivity index (χ1) is 3.79. The van der Waals surface area contributed by atoms with E-state index in [1.54, 1.807) is 0 Å². The van der Waals surface area contributed by atoms with Crippen LogP contribution in [0.2, 0.25) is 0 Å². The van der Waals surface area contributed by atoms with E-state index >= 15 is 0 Å². The van der Waals surface area contributed by atoms with Crippen molar-refractivity contribution in [1.29, 1.82) is 0 Å². The second-order valence-corrected chi connectivity index (χ2v) is 2.09. The van der Waals surface area contributed by atoms with Gasteiger partial charge in [0.25, 0.3) is 0 Å². The molecule has 0 aromatic carbocycles. The topological polar surface area (TPSA) is 21.3 Å². The molecular formula is C5H7NOS. The minimum Gasteiger partial charge on any atom is -0.410 e. The fourth-order valence-corrected chi connectivity index (χ4v) is 0.826. The average molecular weight is 129 g/mol. The normalized spacial score (nSPS) is 18.6. The molecule has 8 heavy (non-hydrogen) atoms. The lowest BCUT2D eigenvalue weighted by molar-refractivity contribution is 0.489. The smallest absolute Gasteiger partial charge is 0.176 e. The molecule has 0 radical (unpaired) electrons. The summed E-state index contributed by atoms with van der Waals surface area (Å²) in [5.74, 6) is 0.888. The summed E-state index contributed by atoms with van der Waals surface area (Å²) in [7, 11) is 0. The predicted molar refractivity (Wildman–Crippen MR) is 34.7 cm³/mol. The first-order valence-electron chi connectivity index (χ1n) is 2.26. The fraction of sp³-hybridized carbons (Fsp3) is 0.200. The second-order valence-electron chi connectivity index (χ2n) is 1.55. The number of hydrogen-bond donors (Lipinski definition) is 1. The molecule has 0 aromatic rings. The van der Waals surface area contributed by atoms with Crippen LogP contribution in [0.3, 0.4) is 0 Å². The van der Waals surface area contributed by atoms with Crippen molar-refractivity contribution in [2.24, 2.45) is 0 Å². The molecule has 1 N–H and O–H groups in total. The summed E-state index contributed by atoms with van der Waals surface area (Å²) < 4.78 is 7.79. The van der Waals surface area contributed by atoms with E-state index in [1.165, 1.54) is 12.2 Å². The lowest BCUT2D eigenvalue weighted by Gasteiger charge is -2.11. The molecule has 3 heteroatoms. The van der Waals surface area contributed by atoms with Crippen molar-refractivity contribution >= 4 is 12.2 Å². The van der Waals surface area contributed by atoms with Crippen LogP contribution in [0.4, 0.5) is 0 Å². The number of hydrogen-bond acceptors (Lipinski definition) is 3. The van der Waals surface area contributed by atoms with E-state index in [4.69, 9.17) is 4.18 Å². The summed E-state index contributed by atoms with van der Waals surface area (Å²) in [6.07, 6.45) is 1.84. The van der Waals surface area contributed by atoms with E-state index in [0.717, 1.165) is 11.5 Å². The van der Waals surface area contributed by atoms with Gasteiger partial charge in [-0.15, -0.1) is 0 Å². The highest BCUT2D eigenvalue weighted by Crippen LogP contribution is 2.15. The molecule has 0 fully saturated rings. The SMILES string of the molecule is C=C1C=C(C)OSN1. The van der Waals surface area contributed by atoms with E-state index in [1.807, 2.05) is 13.0 Å². The predicted octanol–water partition coefficient (Wildman–Crippen LogP) is 1.59. The Morgan fingerprint density at radius 2 is 2.62 bits per heavy atom. The quantitative estimate of drug-likeness (QED) is 0.396. The fourth-order valence-electron chi connectivity index (χ4n) is 0.439. The maximum Gasteiger partial charge on any atom is 0.176 e. The highest BCUT2D eigenvalue weighted by molar-refractivity contribution is 7.93. The lowest BCUT2D eigenvalue weighted by atomic mass is 10.4. The van der Waals surface area contributed by atoms with Crippen LogP contribution in [0, 0.1) is 0 Å². The Morgan fingerprint density at radius 1 is 1.88 bits per heavy atom. The molecule has 0 atom stereocenters. The first kappa shape index (κ1) is 5.56. The van der Waals surface area contributed by atoms with Crippen LogP contribution in [0.1, 0.15) is 6.92 Å². The monoisotopic (exact) mass is 129 g/mol. The lowest BCUT2D eigenvalue weighted by Crippen LogP contribution is -2.05. The number of nitrogens with one attached hydrogen (secondary N) is 1. The summed E-state index contributed by atoms with van der Waals surface area (Å²) in [5.41, 5.74) is 0.888. The van der Waals surface area contributed by atoms with Crippen molar-refractivity contribution in [3.05, 3.63) is 24.1 Å². The van der Waals surface area contributed by atoms with Gasteiger partial charge in [-0.3, -0.25) is 4.72 Å². The molecule has 1 heterocycles. The average Bonchev–Trinajstić information content (AvgIpc) is 1.64. The van der Waals surface area contributed by atoms with Gasteiger partial charge in [0.05, 0.1) is 0 Å². The van der Waals surface area contributed by atoms with E-state index in [9.17, 15) is 0 Å². The molecule has 1 aliphatic rings. The van der Waals surface area contributed by atoms with E-state index in [-0.39, 0.29) is 0 Å². The third-order valence-corrected chi connectivity index (χ3v) is 1.42. The molecule has 0 spiro atoms. The van der Waals surface area contributed by atoms with Gasteiger partial charge in [-0.2, -0.15) is 0 Å². The van der Waals surface area contributed by atoms with Gasteiger partial charge in [0.2, 0.25) is 0 Å². The molecule has 0 saturated heterocycles. The van der Waals surface area contributed by atoms with Gasteiger partial charge in [-0.05, 0) is 6.92 Å². The van der Waals surface area contributed by atoms with E-state index in [2.05, 4.69) is 11.3 Å². The van der Waals surface area contributed by atoms with Crippen LogP contribution < -0.4 is 4.72 Å². The van der Waals surface area contributed by atoms with Gasteiger partial charge in [0.1, 0.15) is 5.76 Å². The van der Waals surface area contributed by atoms with Crippen LogP contribution in [0.15, 0.2) is 24.1 Å². The van der Waals surface area contributed by atoms with Crippen LogP contribution in [0.5, 0.6) is 0 Å². The third kappa shape index (κ3) is 1.20. The van der Waals surface area contributed by atoms with Crippen molar-refractivity contribution < 1.29 is 4.18 Å². The Labute approximate surface area is 52.9 Å². The zero-order valence-corrected chi connectivity index (χ0v) is 5.42. The Kier molecular flexibility index (Phi) is 1.48. The number of allylic oxidation sites excluding steroid dienone is 2. The molecule has 0 aromatic heterocycles. The molecular weight excluding hydrogens is 122 g/mol. The minimum absolute atomic E-state index is 0.888. The van der Waals surface area contributed by atoms with E-state index in [0.29, 0.717) is 0 Å². The Balaban J connectivity index is 2.64. The van der Waals surface area contributed by atoms with Gasteiger partial charge in [0, 0.05) is 11.8 Å². The van der Waals surface area contributed by atoms with E-state index < -0.39 is 0 Å². The molecule has 1 aliphatic heterocycles. The Hall–Kier alpha value is -0.570. The summed E-state index contributed by atoms with van der Waals surface area (Å²) >= 11 is 1.19. The van der Waals surface area contributed by atoms with Crippen molar-refractivity contribution in [3.63, 3.8) is 0 Å². The molecule has 2 nitrogen and oxygen atoms in total. The highest BCUT2D eigenvalue weighted by atomic mass is 32.2. The van der Waals surface area contributed by atoms with Crippen LogP contribution in [-0.2, 0) is 4.18 Å². The van der Waals surface area contributed by atoms with Gasteiger partial charge in [-0.1, -0.05) is 6.58 Å². The summed E-state index contributed by atoms with van der Waals surface area (Å²) in [6, 6.07) is 0. The second kappa shape index (κ2) is 2.13. The maximum absolute atomic E-state index is 4.95. The zero-order chi connectivity index (χ0) is 5.98. The van der Waals surface area contributed by atoms with Crippen LogP contribution in [-0.4, -0.2) is 0 Å². The summed E-state index contributed by atoms with van der Waals surface area (Å²) in [6.45, 7) is 5.56. The molecule has 0 amide bonds. The number of rotatable bonds is 0. The Bertz CT molecular complexity index is 141. The summed E-state index contributed by atoms with van der Waals surface area (Å²) in [5, 5.41) is 0. The van der Waals surface area contributed by atoms with Gasteiger partial charge >= 0.3 is 0 Å². The van der Waals surface area contributed by atoms with Crippen LogP contribution >= 0.6 is 12.2 Å². The van der Waals surface area contributed by atoms with Crippen molar-refractivity contribution in [2.75, 3.05) is 0 Å². The van der Waals surface area contributed by atoms with Gasteiger partial charge in [-0.25, -0.2) is 0 Å². The highest BCUT2D eigenvalue weighted by Gasteiger charge is 1.99. The van der Waals surface area contributed by atoms with Gasteiger partial charge < -0.3 is 4.18 Å². The summed E-state index contributed by atoms with van der Waals surface area (Å²) in [4.78, 5) is 0. The van der Waals surface area contributed by atoms with Crippen molar-refractivity contribution in [3.8, 4) is 0 Å². The molecule has 0 bridgehead atoms.